The predicted molar refractivity (Wildman–Crippen MR) is 99.3 cm³/mol. The second-order valence-electron chi connectivity index (χ2n) is 5.85. The number of Topliss-reactive ketones (excluding diaryl/α,β-unsaturated/α-hetero) is 1. The zero-order chi connectivity index (χ0) is 20.9. The third-order valence-corrected chi connectivity index (χ3v) is 3.58. The summed E-state index contributed by atoms with van der Waals surface area (Å²) in [6, 6.07) is 8.50. The van der Waals surface area contributed by atoms with Crippen molar-refractivity contribution in [1.82, 2.24) is 0 Å². The molecule has 1 amide bonds. The van der Waals surface area contributed by atoms with Gasteiger partial charge in [0.25, 0.3) is 0 Å². The number of para-hydroxylation sites is 1. The van der Waals surface area contributed by atoms with Crippen molar-refractivity contribution in [3.05, 3.63) is 65.5 Å². The number of amides is 1. The van der Waals surface area contributed by atoms with Crippen molar-refractivity contribution in [2.24, 2.45) is 11.5 Å². The standard InChI is InChI=1S/C13H17F2NO2.C7H6FNO/c14-11-6-4-7-12(15)13(11)18-9-10(17)5-2-1-3-8-16;8-6-3-1-5(2-4-6)7(9)10/h4,6-7H,1-3,5,8-9,16H2;1-4H,(H2,9,10). The molecule has 0 aliphatic rings. The van der Waals surface area contributed by atoms with Gasteiger partial charge in [0.05, 0.1) is 0 Å². The number of hydrogen-bond donors (Lipinski definition) is 2. The predicted octanol–water partition coefficient (Wildman–Crippen LogP) is 3.36. The highest BCUT2D eigenvalue weighted by Gasteiger charge is 2.11. The number of primary amides is 1. The number of carbonyl (C=O) groups is 2. The van der Waals surface area contributed by atoms with Crippen molar-refractivity contribution in [1.29, 1.82) is 0 Å². The smallest absolute Gasteiger partial charge is 0.248 e. The van der Waals surface area contributed by atoms with E-state index in [1.54, 1.807) is 0 Å². The molecule has 8 heteroatoms. The molecule has 0 atom stereocenters. The lowest BCUT2D eigenvalue weighted by molar-refractivity contribution is -0.121. The van der Waals surface area contributed by atoms with E-state index in [0.29, 0.717) is 18.5 Å². The second-order valence-corrected chi connectivity index (χ2v) is 5.85. The number of benzene rings is 2. The van der Waals surface area contributed by atoms with Gasteiger partial charge in [-0.25, -0.2) is 13.2 Å². The van der Waals surface area contributed by atoms with Crippen molar-refractivity contribution in [2.45, 2.75) is 25.7 Å². The summed E-state index contributed by atoms with van der Waals surface area (Å²) >= 11 is 0. The highest BCUT2D eigenvalue weighted by Crippen LogP contribution is 2.20. The van der Waals surface area contributed by atoms with Gasteiger partial charge in [-0.3, -0.25) is 9.59 Å². The summed E-state index contributed by atoms with van der Waals surface area (Å²) in [4.78, 5) is 21.8. The SMILES string of the molecule is NC(=O)c1ccc(F)cc1.NCCCCCC(=O)COc1c(F)cccc1F. The molecule has 2 aromatic rings. The number of unbranched alkanes of at least 4 members (excludes halogenated alkanes) is 2. The zero-order valence-electron chi connectivity index (χ0n) is 15.3. The van der Waals surface area contributed by atoms with Crippen LogP contribution in [0.5, 0.6) is 5.75 Å². The molecule has 0 aliphatic carbocycles. The minimum absolute atomic E-state index is 0.172. The summed E-state index contributed by atoms with van der Waals surface area (Å²) in [7, 11) is 0. The van der Waals surface area contributed by atoms with Crippen LogP contribution >= 0.6 is 0 Å². The Morgan fingerprint density at radius 1 is 0.893 bits per heavy atom. The van der Waals surface area contributed by atoms with Crippen molar-refractivity contribution < 1.29 is 27.5 Å². The van der Waals surface area contributed by atoms with Gasteiger partial charge in [-0.1, -0.05) is 12.5 Å². The zero-order valence-corrected chi connectivity index (χ0v) is 15.3. The van der Waals surface area contributed by atoms with E-state index in [-0.39, 0.29) is 18.2 Å². The molecule has 0 aromatic heterocycles. The van der Waals surface area contributed by atoms with E-state index in [9.17, 15) is 22.8 Å². The Morgan fingerprint density at radius 3 is 2.04 bits per heavy atom. The second kappa shape index (κ2) is 12.5. The van der Waals surface area contributed by atoms with Gasteiger partial charge in [-0.05, 0) is 55.8 Å². The topological polar surface area (TPSA) is 95.4 Å². The van der Waals surface area contributed by atoms with E-state index in [1.807, 2.05) is 0 Å². The Labute approximate surface area is 161 Å². The lowest BCUT2D eigenvalue weighted by atomic mass is 10.1. The van der Waals surface area contributed by atoms with Crippen LogP contribution in [-0.2, 0) is 4.79 Å². The minimum atomic E-state index is -0.800. The molecular formula is C20H23F3N2O3. The summed E-state index contributed by atoms with van der Waals surface area (Å²) in [5.41, 5.74) is 10.5. The molecule has 0 heterocycles. The molecule has 2 rings (SSSR count). The Kier molecular flexibility index (Phi) is 10.3. The first-order valence-corrected chi connectivity index (χ1v) is 8.69. The molecule has 2 aromatic carbocycles. The Balaban J connectivity index is 0.000000330. The lowest BCUT2D eigenvalue weighted by Crippen LogP contribution is -2.12. The average Bonchev–Trinajstić information content (AvgIpc) is 2.66. The van der Waals surface area contributed by atoms with Crippen LogP contribution in [0.1, 0.15) is 36.0 Å². The van der Waals surface area contributed by atoms with Gasteiger partial charge >= 0.3 is 0 Å². The van der Waals surface area contributed by atoms with Gasteiger partial charge in [-0.2, -0.15) is 0 Å². The number of hydrogen-bond acceptors (Lipinski definition) is 4. The average molecular weight is 396 g/mol. The fourth-order valence-electron chi connectivity index (χ4n) is 2.10. The molecule has 0 aliphatic heterocycles. The van der Waals surface area contributed by atoms with Crippen LogP contribution in [0, 0.1) is 17.5 Å². The van der Waals surface area contributed by atoms with Crippen molar-refractivity contribution in [3.8, 4) is 5.75 Å². The van der Waals surface area contributed by atoms with E-state index in [2.05, 4.69) is 0 Å². The fourth-order valence-corrected chi connectivity index (χ4v) is 2.10. The van der Waals surface area contributed by atoms with Gasteiger partial charge in [0.15, 0.2) is 23.2 Å². The van der Waals surface area contributed by atoms with Crippen LogP contribution in [-0.4, -0.2) is 24.8 Å². The normalized spacial score (nSPS) is 10.0. The van der Waals surface area contributed by atoms with Gasteiger partial charge in [-0.15, -0.1) is 0 Å². The third-order valence-electron chi connectivity index (χ3n) is 3.58. The number of rotatable bonds is 9. The first-order valence-electron chi connectivity index (χ1n) is 8.69. The molecule has 0 radical (unpaired) electrons. The fraction of sp³-hybridized carbons (Fsp3) is 0.300. The Morgan fingerprint density at radius 2 is 1.50 bits per heavy atom. The monoisotopic (exact) mass is 396 g/mol. The summed E-state index contributed by atoms with van der Waals surface area (Å²) in [5.74, 6) is -3.18. The first-order chi connectivity index (χ1) is 13.3. The number of carbonyl (C=O) groups excluding carboxylic acids is 2. The van der Waals surface area contributed by atoms with E-state index < -0.39 is 23.3 Å². The Bertz CT molecular complexity index is 748. The Hall–Kier alpha value is -2.87. The first kappa shape index (κ1) is 23.2. The largest absolute Gasteiger partial charge is 0.480 e. The number of ether oxygens (including phenoxy) is 1. The quantitative estimate of drug-likeness (QED) is 0.636. The van der Waals surface area contributed by atoms with Gasteiger partial charge in [0, 0.05) is 12.0 Å². The van der Waals surface area contributed by atoms with Gasteiger partial charge < -0.3 is 16.2 Å². The van der Waals surface area contributed by atoms with Crippen molar-refractivity contribution >= 4 is 11.7 Å². The van der Waals surface area contributed by atoms with E-state index in [1.165, 1.54) is 30.3 Å². The molecule has 0 saturated carbocycles. The van der Waals surface area contributed by atoms with E-state index in [0.717, 1.165) is 31.4 Å². The lowest BCUT2D eigenvalue weighted by Gasteiger charge is -2.07. The van der Waals surface area contributed by atoms with Crippen molar-refractivity contribution in [2.75, 3.05) is 13.2 Å². The van der Waals surface area contributed by atoms with Gasteiger partial charge in [0.2, 0.25) is 5.91 Å². The van der Waals surface area contributed by atoms with Crippen LogP contribution in [0.3, 0.4) is 0 Å². The van der Waals surface area contributed by atoms with Crippen molar-refractivity contribution in [3.63, 3.8) is 0 Å². The minimum Gasteiger partial charge on any atom is -0.480 e. The van der Waals surface area contributed by atoms with Crippen LogP contribution in [0.25, 0.3) is 0 Å². The maximum Gasteiger partial charge on any atom is 0.248 e. The number of nitrogens with two attached hydrogens (primary N) is 2. The maximum atomic E-state index is 13.2. The molecule has 0 saturated heterocycles. The molecule has 5 nitrogen and oxygen atoms in total. The summed E-state index contributed by atoms with van der Waals surface area (Å²) in [6.45, 7) is 0.297. The van der Waals surface area contributed by atoms with Crippen LogP contribution < -0.4 is 16.2 Å². The van der Waals surface area contributed by atoms with Crippen LogP contribution in [0.4, 0.5) is 13.2 Å². The van der Waals surface area contributed by atoms with Crippen LogP contribution in [0.2, 0.25) is 0 Å². The maximum absolute atomic E-state index is 13.2. The van der Waals surface area contributed by atoms with Gasteiger partial charge in [0.1, 0.15) is 12.4 Å². The molecule has 0 spiro atoms. The summed E-state index contributed by atoms with van der Waals surface area (Å²) in [6.07, 6.45) is 2.81. The van der Waals surface area contributed by atoms with E-state index in [4.69, 9.17) is 16.2 Å². The van der Waals surface area contributed by atoms with Crippen LogP contribution in [0.15, 0.2) is 42.5 Å². The summed E-state index contributed by atoms with van der Waals surface area (Å²) in [5, 5.41) is 0. The molecular weight excluding hydrogens is 373 g/mol. The molecule has 28 heavy (non-hydrogen) atoms. The highest BCUT2D eigenvalue weighted by molar-refractivity contribution is 5.92. The van der Waals surface area contributed by atoms with E-state index >= 15 is 0 Å². The molecule has 0 bridgehead atoms. The molecule has 4 N–H and O–H groups in total. The molecule has 152 valence electrons. The number of ketones is 1. The third kappa shape index (κ3) is 8.68. The highest BCUT2D eigenvalue weighted by atomic mass is 19.1. The molecule has 0 unspecified atom stereocenters. The number of halogens is 3. The summed E-state index contributed by atoms with van der Waals surface area (Å²) < 4.78 is 43.4. The molecule has 0 fully saturated rings.